The molecule has 1 aromatic carbocycles. The zero-order valence-electron chi connectivity index (χ0n) is 16.9. The van der Waals surface area contributed by atoms with Crippen molar-refractivity contribution in [1.29, 1.82) is 0 Å². The number of hydrogen-bond donors (Lipinski definition) is 1. The summed E-state index contributed by atoms with van der Waals surface area (Å²) in [5.74, 6) is 0.444. The molecular weight excluding hydrogens is 382 g/mol. The maximum absolute atomic E-state index is 12.6. The highest BCUT2D eigenvalue weighted by molar-refractivity contribution is 6.06. The molecule has 3 aliphatic rings. The number of carbonyl (C=O) groups is 1. The monoisotopic (exact) mass is 405 g/mol. The minimum atomic E-state index is -0.288. The molecule has 3 fully saturated rings. The first kappa shape index (κ1) is 18.0. The van der Waals surface area contributed by atoms with Crippen molar-refractivity contribution in [3.63, 3.8) is 0 Å². The highest BCUT2D eigenvalue weighted by Crippen LogP contribution is 2.67. The predicted molar refractivity (Wildman–Crippen MR) is 109 cm³/mol. The second kappa shape index (κ2) is 6.09. The Morgan fingerprint density at radius 3 is 2.73 bits per heavy atom. The van der Waals surface area contributed by atoms with Crippen LogP contribution < -0.4 is 5.32 Å². The highest BCUT2D eigenvalue weighted by atomic mass is 16.6. The molecule has 6 rings (SSSR count). The molecular formula is C22H23N5O3. The molecule has 2 bridgehead atoms. The molecule has 1 unspecified atom stereocenters. The van der Waals surface area contributed by atoms with Crippen molar-refractivity contribution in [2.75, 3.05) is 5.32 Å². The smallest absolute Gasteiger partial charge is 0.256 e. The molecule has 154 valence electrons. The lowest BCUT2D eigenvalue weighted by molar-refractivity contribution is -0.223. The molecule has 3 aromatic rings. The Bertz CT molecular complexity index is 1140. The lowest BCUT2D eigenvalue weighted by atomic mass is 9.82. The van der Waals surface area contributed by atoms with Crippen molar-refractivity contribution < 1.29 is 14.3 Å². The van der Waals surface area contributed by atoms with Crippen LogP contribution in [0.1, 0.15) is 49.7 Å². The quantitative estimate of drug-likeness (QED) is 0.716. The van der Waals surface area contributed by atoms with Crippen LogP contribution >= 0.6 is 0 Å². The molecule has 8 nitrogen and oxygen atoms in total. The summed E-state index contributed by atoms with van der Waals surface area (Å²) in [7, 11) is 0. The van der Waals surface area contributed by atoms with Crippen molar-refractivity contribution in [3.05, 3.63) is 48.5 Å². The fourth-order valence-corrected chi connectivity index (χ4v) is 5.44. The Morgan fingerprint density at radius 2 is 2.00 bits per heavy atom. The summed E-state index contributed by atoms with van der Waals surface area (Å²) in [5, 5.41) is 2.85. The van der Waals surface area contributed by atoms with Crippen LogP contribution in [0.5, 0.6) is 0 Å². The third-order valence-corrected chi connectivity index (χ3v) is 7.10. The Balaban J connectivity index is 1.34. The van der Waals surface area contributed by atoms with E-state index in [9.17, 15) is 4.79 Å². The maximum Gasteiger partial charge on any atom is 0.256 e. The second-order valence-corrected chi connectivity index (χ2v) is 8.48. The summed E-state index contributed by atoms with van der Waals surface area (Å²) in [6, 6.07) is 9.03. The minimum Gasteiger partial charge on any atom is -0.364 e. The summed E-state index contributed by atoms with van der Waals surface area (Å²) < 4.78 is 15.1. The van der Waals surface area contributed by atoms with Gasteiger partial charge in [-0.1, -0.05) is 32.0 Å². The average molecular weight is 405 g/mol. The number of nitrogens with one attached hydrogen (secondary N) is 1. The maximum atomic E-state index is 12.6. The van der Waals surface area contributed by atoms with Gasteiger partial charge in [0.15, 0.2) is 23.2 Å². The van der Waals surface area contributed by atoms with Gasteiger partial charge in [0.25, 0.3) is 5.91 Å². The van der Waals surface area contributed by atoms with Crippen molar-refractivity contribution in [2.24, 2.45) is 5.92 Å². The van der Waals surface area contributed by atoms with Crippen molar-refractivity contribution in [2.45, 2.75) is 56.6 Å². The van der Waals surface area contributed by atoms with E-state index in [1.807, 2.05) is 22.8 Å². The summed E-state index contributed by atoms with van der Waals surface area (Å²) in [6.45, 7) is 4.40. The van der Waals surface area contributed by atoms with E-state index in [0.717, 1.165) is 19.3 Å². The first-order chi connectivity index (χ1) is 14.6. The molecule has 1 saturated carbocycles. The van der Waals surface area contributed by atoms with Gasteiger partial charge < -0.3 is 14.8 Å². The lowest BCUT2D eigenvalue weighted by Crippen LogP contribution is -2.46. The van der Waals surface area contributed by atoms with E-state index in [2.05, 4.69) is 34.1 Å². The molecule has 0 radical (unpaired) electrons. The van der Waals surface area contributed by atoms with E-state index in [1.54, 1.807) is 18.5 Å². The summed E-state index contributed by atoms with van der Waals surface area (Å²) in [5.41, 5.74) is 1.35. The number of benzene rings is 1. The third-order valence-electron chi connectivity index (χ3n) is 7.10. The third kappa shape index (κ3) is 2.23. The number of aromatic nitrogens is 4. The standard InChI is InChI=1S/C22H23N5O3/c1-3-22-13(2)16(29-21(22)9-10-21)20(30-22)27-12-25-15-17(23-11-24-18(15)27)26-19(28)14-7-5-4-6-8-14/h4-8,11-13,16,20H,3,9-10H2,1-2H3,(H,23,24,26,28)/t13?,16-,20+,22+/m0/s1. The van der Waals surface area contributed by atoms with Crippen molar-refractivity contribution >= 4 is 22.9 Å². The van der Waals surface area contributed by atoms with Crippen LogP contribution in [0.2, 0.25) is 0 Å². The van der Waals surface area contributed by atoms with E-state index in [4.69, 9.17) is 9.47 Å². The number of hydrogen-bond acceptors (Lipinski definition) is 6. The van der Waals surface area contributed by atoms with E-state index in [0.29, 0.717) is 28.5 Å². The number of anilines is 1. The van der Waals surface area contributed by atoms with Crippen molar-refractivity contribution in [3.8, 4) is 0 Å². The molecule has 1 N–H and O–H groups in total. The van der Waals surface area contributed by atoms with E-state index in [-0.39, 0.29) is 29.4 Å². The zero-order chi connectivity index (χ0) is 20.5. The van der Waals surface area contributed by atoms with Gasteiger partial charge in [0.1, 0.15) is 18.0 Å². The highest BCUT2D eigenvalue weighted by Gasteiger charge is 2.76. The fourth-order valence-electron chi connectivity index (χ4n) is 5.44. The fraction of sp³-hybridized carbons (Fsp3) is 0.455. The number of carbonyl (C=O) groups excluding carboxylic acids is 1. The first-order valence-corrected chi connectivity index (χ1v) is 10.5. The molecule has 2 saturated heterocycles. The van der Waals surface area contributed by atoms with Gasteiger partial charge in [0, 0.05) is 11.5 Å². The van der Waals surface area contributed by atoms with Crippen LogP contribution in [-0.4, -0.2) is 42.7 Å². The first-order valence-electron chi connectivity index (χ1n) is 10.5. The predicted octanol–water partition coefficient (Wildman–Crippen LogP) is 3.32. The molecule has 2 aliphatic heterocycles. The lowest BCUT2D eigenvalue weighted by Gasteiger charge is -2.38. The Hall–Kier alpha value is -2.84. The number of fused-ring (bicyclic) bond motifs is 4. The molecule has 8 heteroatoms. The van der Waals surface area contributed by atoms with Gasteiger partial charge in [-0.3, -0.25) is 9.36 Å². The SMILES string of the molecule is CC[C@]12O[C@@H](n3cnc4c(NC(=O)c5ccccc5)ncnc43)[C@@H](OC13CC3)C2C. The molecule has 4 atom stereocenters. The molecule has 2 aromatic heterocycles. The topological polar surface area (TPSA) is 91.2 Å². The number of rotatable bonds is 4. The summed E-state index contributed by atoms with van der Waals surface area (Å²) >= 11 is 0. The van der Waals surface area contributed by atoms with Crippen molar-refractivity contribution in [1.82, 2.24) is 19.5 Å². The Morgan fingerprint density at radius 1 is 1.20 bits per heavy atom. The largest absolute Gasteiger partial charge is 0.364 e. The molecule has 1 spiro atoms. The average Bonchev–Trinajstić information content (AvgIpc) is 3.23. The summed E-state index contributed by atoms with van der Waals surface area (Å²) in [4.78, 5) is 25.8. The molecule has 30 heavy (non-hydrogen) atoms. The van der Waals surface area contributed by atoms with Crippen LogP contribution in [0.3, 0.4) is 0 Å². The van der Waals surface area contributed by atoms with Gasteiger partial charge in [0.2, 0.25) is 0 Å². The minimum absolute atomic E-state index is 0.0397. The van der Waals surface area contributed by atoms with E-state index >= 15 is 0 Å². The van der Waals surface area contributed by atoms with Gasteiger partial charge in [-0.25, -0.2) is 15.0 Å². The molecule has 4 heterocycles. The van der Waals surface area contributed by atoms with Crippen LogP contribution in [0.15, 0.2) is 43.0 Å². The van der Waals surface area contributed by atoms with Gasteiger partial charge >= 0.3 is 0 Å². The van der Waals surface area contributed by atoms with Gasteiger partial charge in [-0.15, -0.1) is 0 Å². The summed E-state index contributed by atoms with van der Waals surface area (Å²) in [6.07, 6.45) is 5.87. The van der Waals surface area contributed by atoms with Crippen LogP contribution in [-0.2, 0) is 9.47 Å². The van der Waals surface area contributed by atoms with Crippen LogP contribution in [0.4, 0.5) is 5.82 Å². The molecule has 1 amide bonds. The zero-order valence-corrected chi connectivity index (χ0v) is 16.9. The molecule has 1 aliphatic carbocycles. The van der Waals surface area contributed by atoms with Crippen LogP contribution in [0.25, 0.3) is 11.2 Å². The normalized spacial score (nSPS) is 30.8. The van der Waals surface area contributed by atoms with E-state index in [1.165, 1.54) is 6.33 Å². The number of nitrogens with zero attached hydrogens (tertiary/aromatic N) is 4. The van der Waals surface area contributed by atoms with Crippen LogP contribution in [0, 0.1) is 5.92 Å². The van der Waals surface area contributed by atoms with E-state index < -0.39 is 0 Å². The second-order valence-electron chi connectivity index (χ2n) is 8.48. The Kier molecular flexibility index (Phi) is 3.65. The number of amides is 1. The van der Waals surface area contributed by atoms with Gasteiger partial charge in [-0.2, -0.15) is 0 Å². The Labute approximate surface area is 173 Å². The van der Waals surface area contributed by atoms with Gasteiger partial charge in [-0.05, 0) is 31.4 Å². The number of imidazole rings is 1. The van der Waals surface area contributed by atoms with Gasteiger partial charge in [0.05, 0.1) is 11.9 Å². The number of ether oxygens (including phenoxy) is 2.